The molecule has 0 saturated carbocycles. The van der Waals surface area contributed by atoms with Gasteiger partial charge in [0.2, 0.25) is 0 Å². The number of benzene rings is 2. The van der Waals surface area contributed by atoms with E-state index in [1.54, 1.807) is 0 Å². The van der Waals surface area contributed by atoms with E-state index in [0.717, 1.165) is 38.8 Å². The Morgan fingerprint density at radius 2 is 1.59 bits per heavy atom. The van der Waals surface area contributed by atoms with Gasteiger partial charge in [-0.05, 0) is 62.4 Å². The molecule has 0 bridgehead atoms. The minimum Gasteiger partial charge on any atom is -0.302 e. The largest absolute Gasteiger partial charge is 0.302 e. The van der Waals surface area contributed by atoms with E-state index >= 15 is 0 Å². The van der Waals surface area contributed by atoms with Gasteiger partial charge in [0, 0.05) is 5.56 Å². The van der Waals surface area contributed by atoms with E-state index in [9.17, 15) is 4.79 Å². The summed E-state index contributed by atoms with van der Waals surface area (Å²) in [5.74, 6) is 1.36. The van der Waals surface area contributed by atoms with Crippen LogP contribution >= 0.6 is 11.8 Å². The minimum absolute atomic E-state index is 0.147. The third-order valence-corrected chi connectivity index (χ3v) is 6.03. The Bertz CT molecular complexity index is 951. The number of hydrogen-bond donors (Lipinski definition) is 0. The average molecular weight is 380 g/mol. The van der Waals surface area contributed by atoms with Gasteiger partial charge in [0.1, 0.15) is 5.82 Å². The molecule has 5 heteroatoms. The summed E-state index contributed by atoms with van der Waals surface area (Å²) in [5, 5.41) is 9.27. The highest BCUT2D eigenvalue weighted by atomic mass is 32.2. The van der Waals surface area contributed by atoms with Crippen molar-refractivity contribution >= 4 is 17.5 Å². The molecule has 0 aliphatic heterocycles. The van der Waals surface area contributed by atoms with Crippen LogP contribution in [-0.4, -0.2) is 26.3 Å². The quantitative estimate of drug-likeness (QED) is 0.454. The maximum atomic E-state index is 13.0. The van der Waals surface area contributed by atoms with Gasteiger partial charge in [-0.25, -0.2) is 0 Å². The second kappa shape index (κ2) is 8.09. The number of hydrogen-bond acceptors (Lipinski definition) is 4. The Morgan fingerprint density at radius 3 is 2.22 bits per heavy atom. The molecular formula is C22H25N3OS. The summed E-state index contributed by atoms with van der Waals surface area (Å²) in [6.45, 7) is 10.8. The van der Waals surface area contributed by atoms with Crippen LogP contribution in [0.2, 0.25) is 0 Å². The molecule has 0 amide bonds. The van der Waals surface area contributed by atoms with Gasteiger partial charge < -0.3 is 4.57 Å². The summed E-state index contributed by atoms with van der Waals surface area (Å²) in [4.78, 5) is 13.0. The van der Waals surface area contributed by atoms with Crippen LogP contribution in [0.1, 0.15) is 44.0 Å². The zero-order valence-corrected chi connectivity index (χ0v) is 17.4. The van der Waals surface area contributed by atoms with Crippen LogP contribution in [0.5, 0.6) is 0 Å². The van der Waals surface area contributed by atoms with Gasteiger partial charge in [-0.1, -0.05) is 48.2 Å². The lowest BCUT2D eigenvalue weighted by Gasteiger charge is -2.14. The predicted octanol–water partition coefficient (Wildman–Crippen LogP) is 4.84. The molecular weight excluding hydrogens is 354 g/mol. The summed E-state index contributed by atoms with van der Waals surface area (Å²) >= 11 is 1.46. The van der Waals surface area contributed by atoms with Gasteiger partial charge in [0.05, 0.1) is 12.3 Å². The first-order valence-electron chi connectivity index (χ1n) is 9.05. The van der Waals surface area contributed by atoms with Crippen molar-refractivity contribution in [2.24, 2.45) is 0 Å². The molecule has 0 aliphatic rings. The summed E-state index contributed by atoms with van der Waals surface area (Å²) < 4.78 is 2.06. The molecule has 0 atom stereocenters. The maximum Gasteiger partial charge on any atom is 0.191 e. The molecule has 0 spiro atoms. The fraction of sp³-hybridized carbons (Fsp3) is 0.318. The number of Topliss-reactive ketones (excluding diaryl/α,β-unsaturated/α-hetero) is 1. The highest BCUT2D eigenvalue weighted by molar-refractivity contribution is 7.99. The molecule has 0 radical (unpaired) electrons. The number of aromatic nitrogens is 3. The van der Waals surface area contributed by atoms with E-state index in [1.165, 1.54) is 17.3 Å². The van der Waals surface area contributed by atoms with Crippen LogP contribution in [-0.2, 0) is 6.54 Å². The Morgan fingerprint density at radius 1 is 0.963 bits per heavy atom. The van der Waals surface area contributed by atoms with Crippen molar-refractivity contribution in [2.75, 3.05) is 5.75 Å². The third kappa shape index (κ3) is 4.14. The number of carbonyl (C=O) groups excluding carboxylic acids is 1. The van der Waals surface area contributed by atoms with Crippen LogP contribution in [0.25, 0.3) is 0 Å². The smallest absolute Gasteiger partial charge is 0.191 e. The summed E-state index contributed by atoms with van der Waals surface area (Å²) in [7, 11) is 0. The number of nitrogens with zero attached hydrogens (tertiary/aromatic N) is 3. The van der Waals surface area contributed by atoms with E-state index in [1.807, 2.05) is 39.0 Å². The van der Waals surface area contributed by atoms with Gasteiger partial charge in [-0.2, -0.15) is 0 Å². The summed E-state index contributed by atoms with van der Waals surface area (Å²) in [5.41, 5.74) is 6.51. The van der Waals surface area contributed by atoms with E-state index in [-0.39, 0.29) is 5.78 Å². The number of aryl methyl sites for hydroxylation is 3. The van der Waals surface area contributed by atoms with Crippen LogP contribution < -0.4 is 0 Å². The first kappa shape index (κ1) is 19.4. The number of rotatable bonds is 6. The van der Waals surface area contributed by atoms with Gasteiger partial charge in [0.25, 0.3) is 0 Å². The molecule has 4 nitrogen and oxygen atoms in total. The van der Waals surface area contributed by atoms with Crippen molar-refractivity contribution < 1.29 is 4.79 Å². The van der Waals surface area contributed by atoms with Crippen molar-refractivity contribution in [1.29, 1.82) is 0 Å². The lowest BCUT2D eigenvalue weighted by atomic mass is 9.92. The van der Waals surface area contributed by atoms with Gasteiger partial charge in [-0.3, -0.25) is 4.79 Å². The second-order valence-corrected chi connectivity index (χ2v) is 7.89. The lowest BCUT2D eigenvalue weighted by Crippen LogP contribution is -2.11. The minimum atomic E-state index is 0.147. The molecule has 1 aromatic heterocycles. The number of carbonyl (C=O) groups is 1. The highest BCUT2D eigenvalue weighted by Gasteiger charge is 2.18. The fourth-order valence-corrected chi connectivity index (χ4v) is 4.11. The van der Waals surface area contributed by atoms with Gasteiger partial charge in [-0.15, -0.1) is 10.2 Å². The SMILES string of the molecule is Cc1cc(C)c(C)c(C(=O)CSc2nnc(C)n2Cc2ccccc2)c1C. The van der Waals surface area contributed by atoms with Crippen LogP contribution in [0.4, 0.5) is 0 Å². The Kier molecular flexibility index (Phi) is 5.80. The molecule has 3 rings (SSSR count). The predicted molar refractivity (Wildman–Crippen MR) is 111 cm³/mol. The first-order valence-corrected chi connectivity index (χ1v) is 10.0. The number of ketones is 1. The molecule has 0 aliphatic carbocycles. The lowest BCUT2D eigenvalue weighted by molar-refractivity contribution is 0.102. The molecule has 0 saturated heterocycles. The van der Waals surface area contributed by atoms with Crippen molar-refractivity contribution in [3.05, 3.63) is 75.6 Å². The maximum absolute atomic E-state index is 13.0. The summed E-state index contributed by atoms with van der Waals surface area (Å²) in [6.07, 6.45) is 0. The topological polar surface area (TPSA) is 47.8 Å². The van der Waals surface area contributed by atoms with Gasteiger partial charge in [0.15, 0.2) is 10.9 Å². The van der Waals surface area contributed by atoms with Crippen molar-refractivity contribution in [3.63, 3.8) is 0 Å². The third-order valence-electron chi connectivity index (χ3n) is 5.06. The normalized spacial score (nSPS) is 11.0. The van der Waals surface area contributed by atoms with Gasteiger partial charge >= 0.3 is 0 Å². The average Bonchev–Trinajstić information content (AvgIpc) is 2.99. The monoisotopic (exact) mass is 379 g/mol. The van der Waals surface area contributed by atoms with E-state index in [4.69, 9.17) is 0 Å². The Labute approximate surface area is 165 Å². The van der Waals surface area contributed by atoms with E-state index in [2.05, 4.69) is 46.8 Å². The molecule has 140 valence electrons. The van der Waals surface area contributed by atoms with Crippen molar-refractivity contribution in [2.45, 2.75) is 46.3 Å². The van der Waals surface area contributed by atoms with E-state index in [0.29, 0.717) is 12.3 Å². The van der Waals surface area contributed by atoms with E-state index < -0.39 is 0 Å². The molecule has 2 aromatic carbocycles. The first-order chi connectivity index (χ1) is 12.9. The van der Waals surface area contributed by atoms with Crippen molar-refractivity contribution in [3.8, 4) is 0 Å². The van der Waals surface area contributed by atoms with Crippen LogP contribution in [0, 0.1) is 34.6 Å². The zero-order valence-electron chi connectivity index (χ0n) is 16.5. The Balaban J connectivity index is 1.79. The zero-order chi connectivity index (χ0) is 19.6. The molecule has 0 N–H and O–H groups in total. The standard InChI is InChI=1S/C22H25N3OS/c1-14-11-15(2)17(4)21(16(14)3)20(26)13-27-22-24-23-18(5)25(22)12-19-9-7-6-8-10-19/h6-11H,12-13H2,1-5H3. The van der Waals surface area contributed by atoms with Crippen molar-refractivity contribution in [1.82, 2.24) is 14.8 Å². The molecule has 0 fully saturated rings. The molecule has 0 unspecified atom stereocenters. The number of thioether (sulfide) groups is 1. The molecule has 27 heavy (non-hydrogen) atoms. The molecule has 3 aromatic rings. The summed E-state index contributed by atoms with van der Waals surface area (Å²) in [6, 6.07) is 12.4. The van der Waals surface area contributed by atoms with Crippen LogP contribution in [0.15, 0.2) is 41.6 Å². The second-order valence-electron chi connectivity index (χ2n) is 6.95. The Hall–Kier alpha value is -2.40. The fourth-order valence-electron chi connectivity index (χ4n) is 3.25. The van der Waals surface area contributed by atoms with Crippen LogP contribution in [0.3, 0.4) is 0 Å². The highest BCUT2D eigenvalue weighted by Crippen LogP contribution is 2.25. The molecule has 1 heterocycles.